The van der Waals surface area contributed by atoms with Crippen molar-refractivity contribution in [2.24, 2.45) is 17.8 Å². The molecule has 1 heterocycles. The van der Waals surface area contributed by atoms with Crippen LogP contribution < -0.4 is 0 Å². The molecule has 140 valence electrons. The second-order valence-electron chi connectivity index (χ2n) is 7.71. The maximum atomic E-state index is 13.4. The van der Waals surface area contributed by atoms with Gasteiger partial charge >= 0.3 is 0 Å². The average Bonchev–Trinajstić information content (AvgIpc) is 2.65. The predicted octanol–water partition coefficient (Wildman–Crippen LogP) is 6.01. The molecular weight excluding hydrogens is 322 g/mol. The Morgan fingerprint density at radius 3 is 2.28 bits per heavy atom. The number of rotatable bonds is 6. The van der Waals surface area contributed by atoms with Crippen LogP contribution in [-0.2, 0) is 9.47 Å². The Morgan fingerprint density at radius 1 is 0.920 bits per heavy atom. The van der Waals surface area contributed by atoms with Crippen LogP contribution >= 0.6 is 0 Å². The molecule has 2 aliphatic rings. The predicted molar refractivity (Wildman–Crippen MR) is 94.1 cm³/mol. The third kappa shape index (κ3) is 5.01. The van der Waals surface area contributed by atoms with Gasteiger partial charge in [-0.15, -0.1) is 0 Å². The van der Waals surface area contributed by atoms with E-state index >= 15 is 0 Å². The lowest BCUT2D eigenvalue weighted by atomic mass is 9.74. The van der Waals surface area contributed by atoms with Crippen LogP contribution in [0.3, 0.4) is 0 Å². The smallest absolute Gasteiger partial charge is 0.183 e. The van der Waals surface area contributed by atoms with Gasteiger partial charge in [0.15, 0.2) is 17.9 Å². The van der Waals surface area contributed by atoms with Crippen LogP contribution in [0.5, 0.6) is 0 Å². The molecule has 2 fully saturated rings. The van der Waals surface area contributed by atoms with Gasteiger partial charge in [0.2, 0.25) is 0 Å². The molecule has 1 saturated carbocycles. The van der Waals surface area contributed by atoms with Crippen molar-refractivity contribution in [3.63, 3.8) is 0 Å². The molecule has 0 bridgehead atoms. The summed E-state index contributed by atoms with van der Waals surface area (Å²) < 4.78 is 38.0. The maximum Gasteiger partial charge on any atom is 0.183 e. The van der Waals surface area contributed by atoms with Crippen LogP contribution in [0.15, 0.2) is 18.2 Å². The SMILES string of the molecule is CCCCCC1CCC(C2COC(c3ccc(F)c(F)c3)OC2)CC1. The van der Waals surface area contributed by atoms with Gasteiger partial charge in [-0.2, -0.15) is 0 Å². The van der Waals surface area contributed by atoms with Gasteiger partial charge in [0.05, 0.1) is 13.2 Å². The molecule has 0 unspecified atom stereocenters. The highest BCUT2D eigenvalue weighted by atomic mass is 19.2. The summed E-state index contributed by atoms with van der Waals surface area (Å²) in [6, 6.07) is 3.83. The van der Waals surface area contributed by atoms with Crippen LogP contribution in [0, 0.1) is 29.4 Å². The maximum absolute atomic E-state index is 13.4. The molecule has 2 nitrogen and oxygen atoms in total. The fourth-order valence-electron chi connectivity index (χ4n) is 4.27. The minimum absolute atomic E-state index is 0.429. The lowest BCUT2D eigenvalue weighted by molar-refractivity contribution is -0.214. The van der Waals surface area contributed by atoms with Crippen molar-refractivity contribution in [3.8, 4) is 0 Å². The Balaban J connectivity index is 1.43. The normalized spacial score (nSPS) is 30.4. The number of hydrogen-bond acceptors (Lipinski definition) is 2. The third-order valence-electron chi connectivity index (χ3n) is 5.91. The molecule has 0 N–H and O–H groups in total. The third-order valence-corrected chi connectivity index (χ3v) is 5.91. The van der Waals surface area contributed by atoms with Gasteiger partial charge in [-0.25, -0.2) is 8.78 Å². The number of ether oxygens (including phenoxy) is 2. The second kappa shape index (κ2) is 9.09. The van der Waals surface area contributed by atoms with Gasteiger partial charge < -0.3 is 9.47 Å². The lowest BCUT2D eigenvalue weighted by Crippen LogP contribution is -2.34. The fraction of sp³-hybridized carbons (Fsp3) is 0.714. The summed E-state index contributed by atoms with van der Waals surface area (Å²) in [5.41, 5.74) is 0.553. The van der Waals surface area contributed by atoms with Gasteiger partial charge in [0.1, 0.15) is 0 Å². The number of hydrogen-bond donors (Lipinski definition) is 0. The van der Waals surface area contributed by atoms with E-state index in [0.717, 1.165) is 12.0 Å². The molecule has 25 heavy (non-hydrogen) atoms. The summed E-state index contributed by atoms with van der Waals surface area (Å²) in [5, 5.41) is 0. The van der Waals surface area contributed by atoms with E-state index in [-0.39, 0.29) is 0 Å². The number of benzene rings is 1. The summed E-state index contributed by atoms with van der Waals surface area (Å²) in [7, 11) is 0. The molecular formula is C21H30F2O2. The van der Waals surface area contributed by atoms with Crippen LogP contribution in [0.2, 0.25) is 0 Å². The Morgan fingerprint density at radius 2 is 1.64 bits per heavy atom. The first-order valence-electron chi connectivity index (χ1n) is 9.85. The number of unbranched alkanes of at least 4 members (excludes halogenated alkanes) is 2. The molecule has 0 atom stereocenters. The molecule has 0 spiro atoms. The van der Waals surface area contributed by atoms with Crippen LogP contribution in [0.1, 0.15) is 70.1 Å². The fourth-order valence-corrected chi connectivity index (χ4v) is 4.27. The average molecular weight is 352 g/mol. The summed E-state index contributed by atoms with van der Waals surface area (Å²) in [5.74, 6) is 0.316. The Labute approximate surface area is 149 Å². The largest absolute Gasteiger partial charge is 0.348 e. The van der Waals surface area contributed by atoms with E-state index in [4.69, 9.17) is 9.47 Å². The van der Waals surface area contributed by atoms with Crippen LogP contribution in [0.4, 0.5) is 8.78 Å². The van der Waals surface area contributed by atoms with Gasteiger partial charge in [-0.05, 0) is 36.8 Å². The quantitative estimate of drug-likeness (QED) is 0.583. The van der Waals surface area contributed by atoms with Crippen molar-refractivity contribution in [1.82, 2.24) is 0 Å². The molecule has 3 rings (SSSR count). The van der Waals surface area contributed by atoms with Crippen LogP contribution in [0.25, 0.3) is 0 Å². The highest BCUT2D eigenvalue weighted by Gasteiger charge is 2.32. The van der Waals surface area contributed by atoms with Gasteiger partial charge in [-0.1, -0.05) is 51.5 Å². The van der Waals surface area contributed by atoms with E-state index in [1.165, 1.54) is 63.5 Å². The standard InChI is InChI=1S/C21H30F2O2/c1-2-3-4-5-15-6-8-16(9-7-15)18-13-24-21(25-14-18)17-10-11-19(22)20(23)12-17/h10-12,15-16,18,21H,2-9,13-14H2,1H3. The first kappa shape index (κ1) is 18.8. The summed E-state index contributed by atoms with van der Waals surface area (Å²) >= 11 is 0. The van der Waals surface area contributed by atoms with Crippen molar-refractivity contribution in [3.05, 3.63) is 35.4 Å². The summed E-state index contributed by atoms with van der Waals surface area (Å²) in [4.78, 5) is 0. The van der Waals surface area contributed by atoms with Crippen molar-refractivity contribution in [2.75, 3.05) is 13.2 Å². The highest BCUT2D eigenvalue weighted by molar-refractivity contribution is 5.19. The zero-order valence-electron chi connectivity index (χ0n) is 15.2. The van der Waals surface area contributed by atoms with E-state index in [1.54, 1.807) is 0 Å². The van der Waals surface area contributed by atoms with Gasteiger partial charge in [0.25, 0.3) is 0 Å². The zero-order chi connectivity index (χ0) is 17.6. The van der Waals surface area contributed by atoms with Crippen molar-refractivity contribution in [1.29, 1.82) is 0 Å². The molecule has 0 aromatic heterocycles. The minimum atomic E-state index is -0.854. The van der Waals surface area contributed by atoms with Crippen molar-refractivity contribution >= 4 is 0 Å². The molecule has 1 aliphatic heterocycles. The first-order valence-corrected chi connectivity index (χ1v) is 9.85. The van der Waals surface area contributed by atoms with E-state index in [0.29, 0.717) is 30.6 Å². The first-order chi connectivity index (χ1) is 12.2. The van der Waals surface area contributed by atoms with Crippen LogP contribution in [-0.4, -0.2) is 13.2 Å². The van der Waals surface area contributed by atoms with E-state index in [9.17, 15) is 8.78 Å². The van der Waals surface area contributed by atoms with E-state index in [2.05, 4.69) is 6.92 Å². The van der Waals surface area contributed by atoms with Gasteiger partial charge in [0, 0.05) is 11.5 Å². The minimum Gasteiger partial charge on any atom is -0.348 e. The monoisotopic (exact) mass is 352 g/mol. The van der Waals surface area contributed by atoms with Gasteiger partial charge in [-0.3, -0.25) is 0 Å². The van der Waals surface area contributed by atoms with Crippen molar-refractivity contribution < 1.29 is 18.3 Å². The molecule has 1 saturated heterocycles. The Hall–Kier alpha value is -1.00. The Kier molecular flexibility index (Phi) is 6.83. The van der Waals surface area contributed by atoms with E-state index in [1.807, 2.05) is 0 Å². The molecule has 0 radical (unpaired) electrons. The zero-order valence-corrected chi connectivity index (χ0v) is 15.2. The van der Waals surface area contributed by atoms with E-state index < -0.39 is 17.9 Å². The highest BCUT2D eigenvalue weighted by Crippen LogP contribution is 2.38. The lowest BCUT2D eigenvalue weighted by Gasteiger charge is -2.38. The molecule has 1 aromatic rings. The summed E-state index contributed by atoms with van der Waals surface area (Å²) in [6.07, 6.45) is 10.0. The molecule has 0 amide bonds. The Bertz CT molecular complexity index is 533. The molecule has 1 aliphatic carbocycles. The second-order valence-corrected chi connectivity index (χ2v) is 7.71. The van der Waals surface area contributed by atoms with Crippen molar-refractivity contribution in [2.45, 2.75) is 64.6 Å². The molecule has 1 aromatic carbocycles. The summed E-state index contributed by atoms with van der Waals surface area (Å²) in [6.45, 7) is 3.55. The number of halogens is 2. The topological polar surface area (TPSA) is 18.5 Å². The molecule has 4 heteroatoms.